The average molecular weight is 229 g/mol. The Hall–Kier alpha value is -0.610. The van der Waals surface area contributed by atoms with Crippen molar-refractivity contribution in [3.05, 3.63) is 0 Å². The number of ether oxygens (including phenoxy) is 2. The molecule has 0 aliphatic carbocycles. The van der Waals surface area contributed by atoms with Crippen LogP contribution in [0.15, 0.2) is 0 Å². The minimum atomic E-state index is -0.119. The van der Waals surface area contributed by atoms with Crippen molar-refractivity contribution in [3.8, 4) is 0 Å². The summed E-state index contributed by atoms with van der Waals surface area (Å²) in [7, 11) is 1.43. The Morgan fingerprint density at radius 2 is 2.12 bits per heavy atom. The van der Waals surface area contributed by atoms with Gasteiger partial charge >= 0.3 is 5.97 Å². The van der Waals surface area contributed by atoms with E-state index in [1.807, 2.05) is 0 Å². The average Bonchev–Trinajstić information content (AvgIpc) is 2.34. The standard InChI is InChI=1S/C12H23NO3/c1-15-12(14)3-2-7-13-8-4-11-5-9-16-10-6-11/h11,13H,2-10H2,1H3. The molecule has 0 aromatic heterocycles. The predicted octanol–water partition coefficient (Wildman–Crippen LogP) is 1.35. The molecule has 0 amide bonds. The van der Waals surface area contributed by atoms with Crippen LogP contribution >= 0.6 is 0 Å². The zero-order valence-corrected chi connectivity index (χ0v) is 10.2. The van der Waals surface area contributed by atoms with Crippen LogP contribution in [0.5, 0.6) is 0 Å². The molecule has 0 aromatic carbocycles. The second-order valence-corrected chi connectivity index (χ2v) is 4.27. The van der Waals surface area contributed by atoms with Gasteiger partial charge in [-0.05, 0) is 44.7 Å². The van der Waals surface area contributed by atoms with Gasteiger partial charge in [0.1, 0.15) is 0 Å². The molecule has 0 bridgehead atoms. The third-order valence-electron chi connectivity index (χ3n) is 3.03. The first-order valence-corrected chi connectivity index (χ1v) is 6.18. The summed E-state index contributed by atoms with van der Waals surface area (Å²) in [6.45, 7) is 3.80. The Morgan fingerprint density at radius 1 is 1.38 bits per heavy atom. The number of carbonyl (C=O) groups is 1. The van der Waals surface area contributed by atoms with Gasteiger partial charge in [-0.2, -0.15) is 0 Å². The third kappa shape index (κ3) is 6.08. The molecule has 1 aliphatic heterocycles. The number of methoxy groups -OCH3 is 1. The van der Waals surface area contributed by atoms with Crippen molar-refractivity contribution >= 4 is 5.97 Å². The van der Waals surface area contributed by atoms with Gasteiger partial charge in [0.15, 0.2) is 0 Å². The van der Waals surface area contributed by atoms with Crippen molar-refractivity contribution in [3.63, 3.8) is 0 Å². The van der Waals surface area contributed by atoms with Crippen molar-refractivity contribution in [1.29, 1.82) is 0 Å². The SMILES string of the molecule is COC(=O)CCCNCCC1CCOCC1. The van der Waals surface area contributed by atoms with Crippen LogP contribution in [0.3, 0.4) is 0 Å². The summed E-state index contributed by atoms with van der Waals surface area (Å²) >= 11 is 0. The molecule has 0 radical (unpaired) electrons. The van der Waals surface area contributed by atoms with Gasteiger partial charge in [-0.25, -0.2) is 0 Å². The van der Waals surface area contributed by atoms with Crippen molar-refractivity contribution in [2.45, 2.75) is 32.1 Å². The molecule has 1 fully saturated rings. The molecule has 4 heteroatoms. The summed E-state index contributed by atoms with van der Waals surface area (Å²) in [6.07, 6.45) is 5.00. The second kappa shape index (κ2) is 8.53. The van der Waals surface area contributed by atoms with E-state index in [2.05, 4.69) is 10.1 Å². The van der Waals surface area contributed by atoms with E-state index in [-0.39, 0.29) is 5.97 Å². The molecule has 1 rings (SSSR count). The van der Waals surface area contributed by atoms with E-state index in [0.717, 1.165) is 38.6 Å². The minimum absolute atomic E-state index is 0.119. The number of esters is 1. The van der Waals surface area contributed by atoms with Gasteiger partial charge in [-0.15, -0.1) is 0 Å². The fraction of sp³-hybridized carbons (Fsp3) is 0.917. The fourth-order valence-electron chi connectivity index (χ4n) is 1.93. The maximum atomic E-state index is 10.8. The van der Waals surface area contributed by atoms with Crippen LogP contribution in [-0.4, -0.2) is 39.4 Å². The lowest BCUT2D eigenvalue weighted by Crippen LogP contribution is -2.23. The van der Waals surface area contributed by atoms with Crippen LogP contribution < -0.4 is 5.32 Å². The number of nitrogens with one attached hydrogen (secondary N) is 1. The molecule has 0 atom stereocenters. The van der Waals surface area contributed by atoms with Crippen LogP contribution in [0.4, 0.5) is 0 Å². The van der Waals surface area contributed by atoms with E-state index in [9.17, 15) is 4.79 Å². The Kier molecular flexibility index (Phi) is 7.17. The minimum Gasteiger partial charge on any atom is -0.469 e. The molecule has 1 saturated heterocycles. The van der Waals surface area contributed by atoms with Crippen LogP contribution in [0.1, 0.15) is 32.1 Å². The molecule has 0 spiro atoms. The lowest BCUT2D eigenvalue weighted by molar-refractivity contribution is -0.140. The van der Waals surface area contributed by atoms with E-state index in [1.165, 1.54) is 26.4 Å². The Bertz CT molecular complexity index is 191. The quantitative estimate of drug-likeness (QED) is 0.529. The highest BCUT2D eigenvalue weighted by Crippen LogP contribution is 2.17. The summed E-state index contributed by atoms with van der Waals surface area (Å²) in [5.74, 6) is 0.702. The lowest BCUT2D eigenvalue weighted by Gasteiger charge is -2.21. The van der Waals surface area contributed by atoms with E-state index in [0.29, 0.717) is 6.42 Å². The molecule has 0 saturated carbocycles. The number of carbonyl (C=O) groups excluding carboxylic acids is 1. The van der Waals surface area contributed by atoms with Gasteiger partial charge in [-0.1, -0.05) is 0 Å². The van der Waals surface area contributed by atoms with Crippen LogP contribution in [-0.2, 0) is 14.3 Å². The van der Waals surface area contributed by atoms with Gasteiger partial charge in [-0.3, -0.25) is 4.79 Å². The number of rotatable bonds is 7. The molecule has 0 unspecified atom stereocenters. The van der Waals surface area contributed by atoms with Crippen molar-refractivity contribution in [2.75, 3.05) is 33.4 Å². The maximum absolute atomic E-state index is 10.8. The van der Waals surface area contributed by atoms with Crippen molar-refractivity contribution < 1.29 is 14.3 Å². The fourth-order valence-corrected chi connectivity index (χ4v) is 1.93. The summed E-state index contributed by atoms with van der Waals surface area (Å²) in [5, 5.41) is 3.36. The first-order chi connectivity index (χ1) is 7.83. The van der Waals surface area contributed by atoms with Crippen LogP contribution in [0.25, 0.3) is 0 Å². The highest BCUT2D eigenvalue weighted by atomic mass is 16.5. The molecular weight excluding hydrogens is 206 g/mol. The molecule has 94 valence electrons. The predicted molar refractivity (Wildman–Crippen MR) is 62.3 cm³/mol. The summed E-state index contributed by atoms with van der Waals surface area (Å²) in [5.41, 5.74) is 0. The van der Waals surface area contributed by atoms with Crippen molar-refractivity contribution in [2.24, 2.45) is 5.92 Å². The van der Waals surface area contributed by atoms with Gasteiger partial charge in [0.05, 0.1) is 7.11 Å². The second-order valence-electron chi connectivity index (χ2n) is 4.27. The molecule has 1 aliphatic rings. The van der Waals surface area contributed by atoms with Crippen LogP contribution in [0.2, 0.25) is 0 Å². The lowest BCUT2D eigenvalue weighted by atomic mass is 9.97. The molecule has 4 nitrogen and oxygen atoms in total. The molecule has 1 heterocycles. The maximum Gasteiger partial charge on any atom is 0.305 e. The monoisotopic (exact) mass is 229 g/mol. The topological polar surface area (TPSA) is 47.6 Å². The normalized spacial score (nSPS) is 17.3. The Morgan fingerprint density at radius 3 is 2.81 bits per heavy atom. The van der Waals surface area contributed by atoms with E-state index < -0.39 is 0 Å². The first kappa shape index (κ1) is 13.5. The van der Waals surface area contributed by atoms with E-state index in [4.69, 9.17) is 4.74 Å². The molecule has 16 heavy (non-hydrogen) atoms. The molecule has 0 aromatic rings. The highest BCUT2D eigenvalue weighted by molar-refractivity contribution is 5.68. The van der Waals surface area contributed by atoms with E-state index >= 15 is 0 Å². The van der Waals surface area contributed by atoms with Crippen LogP contribution in [0, 0.1) is 5.92 Å². The van der Waals surface area contributed by atoms with Gasteiger partial charge < -0.3 is 14.8 Å². The largest absolute Gasteiger partial charge is 0.469 e. The summed E-state index contributed by atoms with van der Waals surface area (Å²) in [4.78, 5) is 10.8. The molecular formula is C12H23NO3. The Balaban J connectivity index is 1.85. The van der Waals surface area contributed by atoms with E-state index in [1.54, 1.807) is 0 Å². The highest BCUT2D eigenvalue weighted by Gasteiger charge is 2.12. The number of hydrogen-bond acceptors (Lipinski definition) is 4. The van der Waals surface area contributed by atoms with Gasteiger partial charge in [0.25, 0.3) is 0 Å². The van der Waals surface area contributed by atoms with Gasteiger partial charge in [0.2, 0.25) is 0 Å². The number of hydrogen-bond donors (Lipinski definition) is 1. The zero-order valence-electron chi connectivity index (χ0n) is 10.2. The zero-order chi connectivity index (χ0) is 11.6. The first-order valence-electron chi connectivity index (χ1n) is 6.18. The summed E-state index contributed by atoms with van der Waals surface area (Å²) < 4.78 is 9.88. The Labute approximate surface area is 97.7 Å². The molecule has 1 N–H and O–H groups in total. The smallest absolute Gasteiger partial charge is 0.305 e. The van der Waals surface area contributed by atoms with Gasteiger partial charge in [0, 0.05) is 19.6 Å². The third-order valence-corrected chi connectivity index (χ3v) is 3.03. The summed E-state index contributed by atoms with van der Waals surface area (Å²) in [6, 6.07) is 0. The van der Waals surface area contributed by atoms with Crippen molar-refractivity contribution in [1.82, 2.24) is 5.32 Å².